The van der Waals surface area contributed by atoms with Crippen molar-refractivity contribution in [2.24, 2.45) is 5.73 Å². The Morgan fingerprint density at radius 2 is 2.12 bits per heavy atom. The van der Waals surface area contributed by atoms with E-state index in [0.29, 0.717) is 6.04 Å². The number of likely N-dealkylation sites (tertiary alicyclic amines) is 1. The van der Waals surface area contributed by atoms with Crippen LogP contribution in [0, 0.1) is 0 Å². The summed E-state index contributed by atoms with van der Waals surface area (Å²) in [6.45, 7) is 3.50. The second-order valence-electron chi connectivity index (χ2n) is 5.60. The van der Waals surface area contributed by atoms with Crippen LogP contribution < -0.4 is 5.73 Å². The number of rotatable bonds is 2. The Morgan fingerprint density at radius 3 is 2.94 bits per heavy atom. The van der Waals surface area contributed by atoms with Crippen LogP contribution in [-0.2, 0) is 6.42 Å². The summed E-state index contributed by atoms with van der Waals surface area (Å²) in [6.07, 6.45) is 5.14. The lowest BCUT2D eigenvalue weighted by Crippen LogP contribution is -2.31. The van der Waals surface area contributed by atoms with Gasteiger partial charge in [-0.3, -0.25) is 0 Å². The maximum atomic E-state index is 5.98. The predicted molar refractivity (Wildman–Crippen MR) is 71.2 cm³/mol. The summed E-state index contributed by atoms with van der Waals surface area (Å²) in [6, 6.07) is 9.40. The van der Waals surface area contributed by atoms with Crippen molar-refractivity contribution in [1.82, 2.24) is 4.90 Å². The van der Waals surface area contributed by atoms with E-state index in [1.165, 1.54) is 38.8 Å². The fraction of sp³-hybridized carbons (Fsp3) is 0.600. The first kappa shape index (κ1) is 11.2. The third-order valence-electron chi connectivity index (χ3n) is 4.28. The highest BCUT2D eigenvalue weighted by Gasteiger charge is 2.25. The minimum Gasteiger partial charge on any atom is -0.326 e. The van der Waals surface area contributed by atoms with Gasteiger partial charge in [-0.15, -0.1) is 0 Å². The minimum atomic E-state index is 0.411. The first-order valence-corrected chi connectivity index (χ1v) is 6.88. The van der Waals surface area contributed by atoms with Gasteiger partial charge in [-0.25, -0.2) is 0 Å². The van der Waals surface area contributed by atoms with Crippen molar-refractivity contribution in [2.75, 3.05) is 19.6 Å². The SMILES string of the molecule is N[C@@H]1CCN(CC2CCCc3ccccc32)C1. The molecule has 17 heavy (non-hydrogen) atoms. The average molecular weight is 230 g/mol. The second kappa shape index (κ2) is 4.79. The fourth-order valence-electron chi connectivity index (χ4n) is 3.38. The lowest BCUT2D eigenvalue weighted by atomic mass is 9.82. The van der Waals surface area contributed by atoms with Crippen molar-refractivity contribution in [3.8, 4) is 0 Å². The van der Waals surface area contributed by atoms with E-state index >= 15 is 0 Å². The van der Waals surface area contributed by atoms with Gasteiger partial charge in [0.1, 0.15) is 0 Å². The minimum absolute atomic E-state index is 0.411. The van der Waals surface area contributed by atoms with E-state index < -0.39 is 0 Å². The molecule has 1 heterocycles. The first-order valence-electron chi connectivity index (χ1n) is 6.88. The van der Waals surface area contributed by atoms with Crippen LogP contribution in [0.25, 0.3) is 0 Å². The third-order valence-corrected chi connectivity index (χ3v) is 4.28. The fourth-order valence-corrected chi connectivity index (χ4v) is 3.38. The van der Waals surface area contributed by atoms with Crippen LogP contribution in [0.4, 0.5) is 0 Å². The van der Waals surface area contributed by atoms with E-state index in [2.05, 4.69) is 29.2 Å². The molecule has 0 radical (unpaired) electrons. The summed E-state index contributed by atoms with van der Waals surface area (Å²) in [4.78, 5) is 2.55. The third kappa shape index (κ3) is 2.38. The van der Waals surface area contributed by atoms with Crippen molar-refractivity contribution in [3.05, 3.63) is 35.4 Å². The smallest absolute Gasteiger partial charge is 0.0180 e. The summed E-state index contributed by atoms with van der Waals surface area (Å²) in [5.74, 6) is 0.741. The zero-order chi connectivity index (χ0) is 11.7. The Hall–Kier alpha value is -0.860. The van der Waals surface area contributed by atoms with Crippen molar-refractivity contribution < 1.29 is 0 Å². The predicted octanol–water partition coefficient (Wildman–Crippen LogP) is 2.14. The van der Waals surface area contributed by atoms with Crippen LogP contribution in [0.1, 0.15) is 36.3 Å². The van der Waals surface area contributed by atoms with Gasteiger partial charge < -0.3 is 10.6 Å². The molecule has 2 N–H and O–H groups in total. The number of hydrogen-bond acceptors (Lipinski definition) is 2. The zero-order valence-electron chi connectivity index (χ0n) is 10.4. The molecule has 1 aromatic rings. The lowest BCUT2D eigenvalue weighted by molar-refractivity contribution is 0.297. The van der Waals surface area contributed by atoms with Crippen LogP contribution in [0.3, 0.4) is 0 Å². The molecule has 2 heteroatoms. The van der Waals surface area contributed by atoms with E-state index in [1.807, 2.05) is 0 Å². The maximum absolute atomic E-state index is 5.98. The van der Waals surface area contributed by atoms with E-state index in [1.54, 1.807) is 11.1 Å². The highest BCUT2D eigenvalue weighted by atomic mass is 15.2. The second-order valence-corrected chi connectivity index (χ2v) is 5.60. The summed E-state index contributed by atoms with van der Waals surface area (Å²) < 4.78 is 0. The summed E-state index contributed by atoms with van der Waals surface area (Å²) in [5, 5.41) is 0. The highest BCUT2D eigenvalue weighted by Crippen LogP contribution is 2.32. The molecule has 0 bridgehead atoms. The van der Waals surface area contributed by atoms with Crippen molar-refractivity contribution in [1.29, 1.82) is 0 Å². The van der Waals surface area contributed by atoms with E-state index in [9.17, 15) is 0 Å². The average Bonchev–Trinajstić information content (AvgIpc) is 2.75. The topological polar surface area (TPSA) is 29.3 Å². The van der Waals surface area contributed by atoms with Gasteiger partial charge in [0.15, 0.2) is 0 Å². The van der Waals surface area contributed by atoms with Crippen LogP contribution in [0.2, 0.25) is 0 Å². The number of hydrogen-bond donors (Lipinski definition) is 1. The summed E-state index contributed by atoms with van der Waals surface area (Å²) in [5.41, 5.74) is 9.16. The van der Waals surface area contributed by atoms with Gasteiger partial charge in [0.25, 0.3) is 0 Å². The number of aryl methyl sites for hydroxylation is 1. The monoisotopic (exact) mass is 230 g/mol. The molecular weight excluding hydrogens is 208 g/mol. The van der Waals surface area contributed by atoms with E-state index in [4.69, 9.17) is 5.73 Å². The molecule has 1 saturated heterocycles. The van der Waals surface area contributed by atoms with Gasteiger partial charge in [0.2, 0.25) is 0 Å². The zero-order valence-corrected chi connectivity index (χ0v) is 10.4. The molecule has 1 unspecified atom stereocenters. The van der Waals surface area contributed by atoms with Crippen molar-refractivity contribution >= 4 is 0 Å². The van der Waals surface area contributed by atoms with Crippen molar-refractivity contribution in [3.63, 3.8) is 0 Å². The molecule has 0 spiro atoms. The molecule has 92 valence electrons. The molecule has 1 aromatic carbocycles. The molecule has 2 nitrogen and oxygen atoms in total. The number of fused-ring (bicyclic) bond motifs is 1. The van der Waals surface area contributed by atoms with Gasteiger partial charge in [-0.05, 0) is 49.3 Å². The van der Waals surface area contributed by atoms with Gasteiger partial charge in [-0.2, -0.15) is 0 Å². The number of nitrogens with two attached hydrogens (primary N) is 1. The first-order chi connectivity index (χ1) is 8.33. The molecule has 2 atom stereocenters. The molecule has 3 rings (SSSR count). The molecule has 1 aliphatic carbocycles. The molecule has 0 amide bonds. The van der Waals surface area contributed by atoms with Crippen LogP contribution in [0.5, 0.6) is 0 Å². The van der Waals surface area contributed by atoms with Gasteiger partial charge >= 0.3 is 0 Å². The summed E-state index contributed by atoms with van der Waals surface area (Å²) in [7, 11) is 0. The Balaban J connectivity index is 1.72. The van der Waals surface area contributed by atoms with E-state index in [-0.39, 0.29) is 0 Å². The highest BCUT2D eigenvalue weighted by molar-refractivity contribution is 5.32. The summed E-state index contributed by atoms with van der Waals surface area (Å²) >= 11 is 0. The Labute approximate surface area is 104 Å². The quantitative estimate of drug-likeness (QED) is 0.843. The van der Waals surface area contributed by atoms with Gasteiger partial charge in [-0.1, -0.05) is 24.3 Å². The maximum Gasteiger partial charge on any atom is 0.0180 e. The molecule has 0 aromatic heterocycles. The lowest BCUT2D eigenvalue weighted by Gasteiger charge is -2.29. The van der Waals surface area contributed by atoms with Crippen LogP contribution in [-0.4, -0.2) is 30.6 Å². The van der Waals surface area contributed by atoms with Crippen LogP contribution >= 0.6 is 0 Å². The molecule has 2 aliphatic rings. The van der Waals surface area contributed by atoms with Crippen LogP contribution in [0.15, 0.2) is 24.3 Å². The number of benzene rings is 1. The molecule has 1 aliphatic heterocycles. The molecule has 0 saturated carbocycles. The number of nitrogens with zero attached hydrogens (tertiary/aromatic N) is 1. The van der Waals surface area contributed by atoms with Gasteiger partial charge in [0.05, 0.1) is 0 Å². The van der Waals surface area contributed by atoms with Crippen molar-refractivity contribution in [2.45, 2.75) is 37.6 Å². The van der Waals surface area contributed by atoms with E-state index in [0.717, 1.165) is 12.5 Å². The molecule has 1 fully saturated rings. The standard InChI is InChI=1S/C15H22N2/c16-14-8-9-17(11-14)10-13-6-3-5-12-4-1-2-7-15(12)13/h1-2,4,7,13-14H,3,5-6,8-11,16H2/t13?,14-/m1/s1. The Kier molecular flexibility index (Phi) is 3.17. The largest absolute Gasteiger partial charge is 0.326 e. The van der Waals surface area contributed by atoms with Gasteiger partial charge in [0, 0.05) is 19.1 Å². The normalized spacial score (nSPS) is 29.2. The Bertz CT molecular complexity index is 388. The molecular formula is C15H22N2. The Morgan fingerprint density at radius 1 is 1.24 bits per heavy atom.